The first kappa shape index (κ1) is 13.9. The molecule has 2 heteroatoms. The second kappa shape index (κ2) is 5.72. The Hall–Kier alpha value is -2.09. The van der Waals surface area contributed by atoms with E-state index in [0.29, 0.717) is 5.92 Å². The highest BCUT2D eigenvalue weighted by Gasteiger charge is 2.23. The molecule has 0 saturated heterocycles. The van der Waals surface area contributed by atoms with E-state index in [9.17, 15) is 4.79 Å². The summed E-state index contributed by atoms with van der Waals surface area (Å²) in [7, 11) is 0. The molecule has 21 heavy (non-hydrogen) atoms. The third kappa shape index (κ3) is 2.85. The van der Waals surface area contributed by atoms with Crippen LogP contribution >= 0.6 is 0 Å². The van der Waals surface area contributed by atoms with Gasteiger partial charge < -0.3 is 5.32 Å². The van der Waals surface area contributed by atoms with Gasteiger partial charge in [0.05, 0.1) is 6.04 Å². The van der Waals surface area contributed by atoms with E-state index in [-0.39, 0.29) is 11.9 Å². The fraction of sp³-hybridized carbons (Fsp3) is 0.316. The summed E-state index contributed by atoms with van der Waals surface area (Å²) in [5, 5.41) is 3.16. The van der Waals surface area contributed by atoms with Crippen LogP contribution in [-0.4, -0.2) is 5.91 Å². The van der Waals surface area contributed by atoms with E-state index >= 15 is 0 Å². The Morgan fingerprint density at radius 3 is 2.52 bits per heavy atom. The van der Waals surface area contributed by atoms with Gasteiger partial charge in [-0.1, -0.05) is 50.2 Å². The summed E-state index contributed by atoms with van der Waals surface area (Å²) >= 11 is 0. The van der Waals surface area contributed by atoms with Gasteiger partial charge in [-0.25, -0.2) is 0 Å². The summed E-state index contributed by atoms with van der Waals surface area (Å²) in [6, 6.07) is 16.5. The third-order valence-corrected chi connectivity index (χ3v) is 4.28. The molecule has 1 unspecified atom stereocenters. The van der Waals surface area contributed by atoms with E-state index in [1.807, 2.05) is 30.3 Å². The predicted octanol–water partition coefficient (Wildman–Crippen LogP) is 4.23. The van der Waals surface area contributed by atoms with Crippen molar-refractivity contribution in [3.05, 3.63) is 70.8 Å². The molecule has 3 rings (SSSR count). The molecular weight excluding hydrogens is 258 g/mol. The van der Waals surface area contributed by atoms with Crippen LogP contribution in [0.5, 0.6) is 0 Å². The highest BCUT2D eigenvalue weighted by Crippen LogP contribution is 2.30. The van der Waals surface area contributed by atoms with Gasteiger partial charge in [0.15, 0.2) is 0 Å². The first-order valence-corrected chi connectivity index (χ1v) is 7.64. The molecular formula is C19H21NO. The molecule has 0 aliphatic heterocycles. The van der Waals surface area contributed by atoms with Gasteiger partial charge in [0.1, 0.15) is 0 Å². The van der Waals surface area contributed by atoms with Crippen molar-refractivity contribution >= 4 is 5.91 Å². The average molecular weight is 279 g/mol. The minimum atomic E-state index is 0.0204. The molecule has 0 bridgehead atoms. The van der Waals surface area contributed by atoms with Crippen molar-refractivity contribution in [3.63, 3.8) is 0 Å². The van der Waals surface area contributed by atoms with Crippen molar-refractivity contribution in [2.45, 2.75) is 38.6 Å². The molecule has 1 N–H and O–H groups in total. The lowest BCUT2D eigenvalue weighted by atomic mass is 10.0. The Kier molecular flexibility index (Phi) is 3.78. The van der Waals surface area contributed by atoms with Gasteiger partial charge in [0.2, 0.25) is 0 Å². The first-order valence-electron chi connectivity index (χ1n) is 7.64. The second-order valence-electron chi connectivity index (χ2n) is 6.04. The number of fused-ring (bicyclic) bond motifs is 1. The van der Waals surface area contributed by atoms with Crippen molar-refractivity contribution in [1.29, 1.82) is 0 Å². The molecule has 2 aromatic rings. The minimum Gasteiger partial charge on any atom is -0.345 e. The summed E-state index contributed by atoms with van der Waals surface area (Å²) in [6.07, 6.45) is 2.04. The number of carbonyl (C=O) groups is 1. The maximum absolute atomic E-state index is 12.4. The summed E-state index contributed by atoms with van der Waals surface area (Å²) in [6.45, 7) is 4.31. The fourth-order valence-corrected chi connectivity index (χ4v) is 2.97. The van der Waals surface area contributed by atoms with Crippen LogP contribution in [0.15, 0.2) is 48.5 Å². The Morgan fingerprint density at radius 2 is 1.81 bits per heavy atom. The van der Waals surface area contributed by atoms with Crippen LogP contribution in [0.1, 0.15) is 59.3 Å². The molecule has 0 aromatic heterocycles. The van der Waals surface area contributed by atoms with E-state index in [4.69, 9.17) is 0 Å². The molecule has 2 aromatic carbocycles. The maximum Gasteiger partial charge on any atom is 0.251 e. The van der Waals surface area contributed by atoms with Crippen LogP contribution in [0.4, 0.5) is 0 Å². The van der Waals surface area contributed by atoms with Crippen LogP contribution in [0.2, 0.25) is 0 Å². The number of carbonyl (C=O) groups excluding carboxylic acids is 1. The molecule has 2 nitrogen and oxygen atoms in total. The van der Waals surface area contributed by atoms with Gasteiger partial charge in [0.25, 0.3) is 5.91 Å². The second-order valence-corrected chi connectivity index (χ2v) is 6.04. The van der Waals surface area contributed by atoms with Gasteiger partial charge in [0, 0.05) is 5.56 Å². The SMILES string of the molecule is CC(C)c1ccc(C(=O)NC2CCc3ccccc32)cc1. The highest BCUT2D eigenvalue weighted by atomic mass is 16.1. The van der Waals surface area contributed by atoms with Gasteiger partial charge in [-0.3, -0.25) is 4.79 Å². The molecule has 1 atom stereocenters. The molecule has 108 valence electrons. The van der Waals surface area contributed by atoms with Crippen molar-refractivity contribution in [3.8, 4) is 0 Å². The standard InChI is InChI=1S/C19H21NO/c1-13(2)14-7-9-16(10-8-14)19(21)20-18-12-11-15-5-3-4-6-17(15)18/h3-10,13,18H,11-12H2,1-2H3,(H,20,21). The number of hydrogen-bond donors (Lipinski definition) is 1. The zero-order valence-electron chi connectivity index (χ0n) is 12.6. The smallest absolute Gasteiger partial charge is 0.251 e. The largest absolute Gasteiger partial charge is 0.345 e. The number of amides is 1. The lowest BCUT2D eigenvalue weighted by molar-refractivity contribution is 0.0936. The van der Waals surface area contributed by atoms with Crippen molar-refractivity contribution in [1.82, 2.24) is 5.32 Å². The first-order chi connectivity index (χ1) is 10.1. The van der Waals surface area contributed by atoms with Crippen LogP contribution in [-0.2, 0) is 6.42 Å². The molecule has 0 spiro atoms. The predicted molar refractivity (Wildman–Crippen MR) is 85.5 cm³/mol. The summed E-state index contributed by atoms with van der Waals surface area (Å²) in [5.74, 6) is 0.510. The summed E-state index contributed by atoms with van der Waals surface area (Å²) < 4.78 is 0. The molecule has 1 aliphatic carbocycles. The van der Waals surface area contributed by atoms with Gasteiger partial charge >= 0.3 is 0 Å². The lowest BCUT2D eigenvalue weighted by Crippen LogP contribution is -2.27. The van der Waals surface area contributed by atoms with Gasteiger partial charge in [-0.15, -0.1) is 0 Å². The van der Waals surface area contributed by atoms with Crippen LogP contribution < -0.4 is 5.32 Å². The number of aryl methyl sites for hydroxylation is 1. The quantitative estimate of drug-likeness (QED) is 0.895. The van der Waals surface area contributed by atoms with E-state index in [1.54, 1.807) is 0 Å². The summed E-state index contributed by atoms with van der Waals surface area (Å²) in [4.78, 5) is 12.4. The van der Waals surface area contributed by atoms with Crippen LogP contribution in [0.25, 0.3) is 0 Å². The molecule has 1 aliphatic rings. The van der Waals surface area contributed by atoms with Crippen LogP contribution in [0.3, 0.4) is 0 Å². The maximum atomic E-state index is 12.4. The van der Waals surface area contributed by atoms with E-state index < -0.39 is 0 Å². The summed E-state index contributed by atoms with van der Waals surface area (Å²) in [5.41, 5.74) is 4.63. The molecule has 0 fully saturated rings. The van der Waals surface area contributed by atoms with Crippen LogP contribution in [0, 0.1) is 0 Å². The van der Waals surface area contributed by atoms with Gasteiger partial charge in [-0.05, 0) is 47.6 Å². The van der Waals surface area contributed by atoms with E-state index in [0.717, 1.165) is 18.4 Å². The van der Waals surface area contributed by atoms with E-state index in [2.05, 4.69) is 37.4 Å². The Labute approximate surface area is 126 Å². The molecule has 0 saturated carbocycles. The minimum absolute atomic E-state index is 0.0204. The molecule has 0 heterocycles. The topological polar surface area (TPSA) is 29.1 Å². The lowest BCUT2D eigenvalue weighted by Gasteiger charge is -2.14. The Balaban J connectivity index is 1.72. The monoisotopic (exact) mass is 279 g/mol. The van der Waals surface area contributed by atoms with Crippen molar-refractivity contribution < 1.29 is 4.79 Å². The van der Waals surface area contributed by atoms with Crippen molar-refractivity contribution in [2.75, 3.05) is 0 Å². The van der Waals surface area contributed by atoms with Gasteiger partial charge in [-0.2, -0.15) is 0 Å². The fourth-order valence-electron chi connectivity index (χ4n) is 2.97. The Bertz CT molecular complexity index is 643. The zero-order chi connectivity index (χ0) is 14.8. The number of benzene rings is 2. The average Bonchev–Trinajstić information content (AvgIpc) is 2.91. The zero-order valence-corrected chi connectivity index (χ0v) is 12.6. The third-order valence-electron chi connectivity index (χ3n) is 4.28. The normalized spacial score (nSPS) is 16.8. The highest BCUT2D eigenvalue weighted by molar-refractivity contribution is 5.94. The van der Waals surface area contributed by atoms with Crippen molar-refractivity contribution in [2.24, 2.45) is 0 Å². The molecule has 1 amide bonds. The number of rotatable bonds is 3. The van der Waals surface area contributed by atoms with E-state index in [1.165, 1.54) is 16.7 Å². The number of nitrogens with one attached hydrogen (secondary N) is 1. The Morgan fingerprint density at radius 1 is 1.10 bits per heavy atom. The molecule has 0 radical (unpaired) electrons. The number of hydrogen-bond acceptors (Lipinski definition) is 1.